The second kappa shape index (κ2) is 13.5. The van der Waals surface area contributed by atoms with Gasteiger partial charge < -0.3 is 10.6 Å². The van der Waals surface area contributed by atoms with E-state index in [1.807, 2.05) is 41.8 Å². The van der Waals surface area contributed by atoms with Crippen LogP contribution in [0.2, 0.25) is 0 Å². The average Bonchev–Trinajstić information content (AvgIpc) is 3.27. The Hall–Kier alpha value is -2.97. The predicted molar refractivity (Wildman–Crippen MR) is 137 cm³/mol. The van der Waals surface area contributed by atoms with Gasteiger partial charge in [0.1, 0.15) is 5.01 Å². The lowest BCUT2D eigenvalue weighted by atomic mass is 10.0. The van der Waals surface area contributed by atoms with Crippen molar-refractivity contribution in [3.63, 3.8) is 0 Å². The minimum Gasteiger partial charge on any atom is -0.356 e. The average molecular weight is 484 g/mol. The van der Waals surface area contributed by atoms with Gasteiger partial charge in [0.25, 0.3) is 5.91 Å². The Morgan fingerprint density at radius 3 is 2.30 bits per heavy atom. The van der Waals surface area contributed by atoms with Crippen LogP contribution in [0.25, 0.3) is 11.3 Å². The van der Waals surface area contributed by atoms with Crippen LogP contribution in [0.5, 0.6) is 0 Å². The highest BCUT2D eigenvalue weighted by atomic mass is 32.1. The fourth-order valence-corrected chi connectivity index (χ4v) is 4.10. The molecule has 0 spiro atoms. The molecule has 0 radical (unpaired) electrons. The van der Waals surface area contributed by atoms with Gasteiger partial charge in [-0.3, -0.25) is 14.4 Å². The first-order chi connectivity index (χ1) is 15.5. The summed E-state index contributed by atoms with van der Waals surface area (Å²) in [5, 5.41) is 8.32. The number of hydrogen-bond acceptors (Lipinski definition) is 5. The van der Waals surface area contributed by atoms with Crippen LogP contribution in [0.15, 0.2) is 66.0 Å². The zero-order valence-corrected chi connectivity index (χ0v) is 20.4. The van der Waals surface area contributed by atoms with E-state index in [9.17, 15) is 14.4 Å². The van der Waals surface area contributed by atoms with Gasteiger partial charge in [-0.2, -0.15) is 13.5 Å². The molecule has 1 aromatic heterocycles. The normalized spacial score (nSPS) is 11.2. The van der Waals surface area contributed by atoms with Gasteiger partial charge in [-0.05, 0) is 31.4 Å². The summed E-state index contributed by atoms with van der Waals surface area (Å²) in [6.07, 6.45) is 2.12. The molecule has 0 unspecified atom stereocenters. The van der Waals surface area contributed by atoms with E-state index in [-0.39, 0.29) is 37.5 Å². The molecule has 1 heterocycles. The molecule has 0 aliphatic heterocycles. The number of rotatable bonds is 11. The number of nitrogens with one attached hydrogen (secondary N) is 2. The number of Topliss-reactive ketones (excluding diaryl/α,β-unsaturated/α-hetero) is 1. The first kappa shape index (κ1) is 26.3. The lowest BCUT2D eigenvalue weighted by molar-refractivity contribution is -0.121. The lowest BCUT2D eigenvalue weighted by Gasteiger charge is -2.17. The third-order valence-electron chi connectivity index (χ3n) is 4.97. The molecule has 8 heteroatoms. The Bertz CT molecular complexity index is 1040. The highest BCUT2D eigenvalue weighted by Crippen LogP contribution is 2.22. The van der Waals surface area contributed by atoms with Crippen LogP contribution in [-0.2, 0) is 16.0 Å². The molecule has 0 saturated heterocycles. The summed E-state index contributed by atoms with van der Waals surface area (Å²) >= 11 is 1.45. The van der Waals surface area contributed by atoms with Crippen molar-refractivity contribution in [2.75, 3.05) is 6.54 Å². The molecule has 33 heavy (non-hydrogen) atoms. The van der Waals surface area contributed by atoms with Gasteiger partial charge in [-0.15, -0.1) is 11.3 Å². The molecule has 3 aromatic rings. The van der Waals surface area contributed by atoms with Crippen molar-refractivity contribution in [3.8, 4) is 11.3 Å². The van der Waals surface area contributed by atoms with Gasteiger partial charge in [0.15, 0.2) is 5.78 Å². The van der Waals surface area contributed by atoms with Crippen molar-refractivity contribution >= 4 is 42.4 Å². The zero-order valence-electron chi connectivity index (χ0n) is 18.5. The van der Waals surface area contributed by atoms with E-state index in [4.69, 9.17) is 0 Å². The van der Waals surface area contributed by atoms with Gasteiger partial charge in [-0.25, -0.2) is 4.98 Å². The maximum absolute atomic E-state index is 13.1. The van der Waals surface area contributed by atoms with Crippen molar-refractivity contribution in [2.45, 2.75) is 38.6 Å². The van der Waals surface area contributed by atoms with Crippen LogP contribution in [0.4, 0.5) is 0 Å². The Morgan fingerprint density at radius 1 is 0.970 bits per heavy atom. The standard InChI is InChI=1S/C25H27N3O3S.H2S/c1-18(29)26-15-9-8-14-21(28-25(31)20-12-6-3-7-13-20)23(30)16-24-27-22(17-32-24)19-10-4-2-5-11-19;/h2-7,10-13,17,21H,8-9,14-16H2,1H3,(H,26,29)(H,28,31);1H2/t21-;/m0./s1. The Labute approximate surface area is 205 Å². The van der Waals surface area contributed by atoms with Gasteiger partial charge in [0, 0.05) is 30.0 Å². The summed E-state index contributed by atoms with van der Waals surface area (Å²) in [6, 6.07) is 18.1. The minimum absolute atomic E-state index is 0. The largest absolute Gasteiger partial charge is 0.356 e. The van der Waals surface area contributed by atoms with Crippen molar-refractivity contribution in [2.24, 2.45) is 0 Å². The molecule has 0 aliphatic rings. The van der Waals surface area contributed by atoms with E-state index < -0.39 is 6.04 Å². The van der Waals surface area contributed by atoms with E-state index >= 15 is 0 Å². The number of aromatic nitrogens is 1. The van der Waals surface area contributed by atoms with Crippen LogP contribution >= 0.6 is 24.8 Å². The maximum Gasteiger partial charge on any atom is 0.251 e. The smallest absolute Gasteiger partial charge is 0.251 e. The lowest BCUT2D eigenvalue weighted by Crippen LogP contribution is -2.41. The minimum atomic E-state index is -0.607. The third kappa shape index (κ3) is 8.47. The second-order valence-electron chi connectivity index (χ2n) is 7.51. The Kier molecular flexibility index (Phi) is 10.8. The van der Waals surface area contributed by atoms with Crippen LogP contribution in [0.1, 0.15) is 41.6 Å². The van der Waals surface area contributed by atoms with Crippen LogP contribution in [-0.4, -0.2) is 35.2 Å². The fraction of sp³-hybridized carbons (Fsp3) is 0.280. The van der Waals surface area contributed by atoms with E-state index in [2.05, 4.69) is 15.6 Å². The summed E-state index contributed by atoms with van der Waals surface area (Å²) in [4.78, 5) is 41.4. The summed E-state index contributed by atoms with van der Waals surface area (Å²) in [5.41, 5.74) is 2.37. The number of carbonyl (C=O) groups is 3. The maximum atomic E-state index is 13.1. The Balaban J connectivity index is 0.00000385. The fourth-order valence-electron chi connectivity index (χ4n) is 3.29. The predicted octanol–water partition coefficient (Wildman–Crippen LogP) is 4.14. The molecule has 2 amide bonds. The monoisotopic (exact) mass is 483 g/mol. The quantitative estimate of drug-likeness (QED) is 0.401. The summed E-state index contributed by atoms with van der Waals surface area (Å²) in [5.74, 6) is -0.411. The van der Waals surface area contributed by atoms with Gasteiger partial charge in [0.05, 0.1) is 18.2 Å². The van der Waals surface area contributed by atoms with Gasteiger partial charge >= 0.3 is 0 Å². The van der Waals surface area contributed by atoms with Crippen molar-refractivity contribution in [1.82, 2.24) is 15.6 Å². The number of carbonyl (C=O) groups excluding carboxylic acids is 3. The second-order valence-corrected chi connectivity index (χ2v) is 8.45. The van der Waals surface area contributed by atoms with E-state index in [1.54, 1.807) is 24.3 Å². The number of hydrogen-bond donors (Lipinski definition) is 2. The summed E-state index contributed by atoms with van der Waals surface area (Å²) in [6.45, 7) is 2.03. The van der Waals surface area contributed by atoms with Crippen LogP contribution in [0.3, 0.4) is 0 Å². The topological polar surface area (TPSA) is 88.2 Å². The first-order valence-corrected chi connectivity index (χ1v) is 11.5. The van der Waals surface area contributed by atoms with E-state index in [0.29, 0.717) is 24.9 Å². The highest BCUT2D eigenvalue weighted by molar-refractivity contribution is 7.59. The number of benzene rings is 2. The SMILES string of the molecule is CC(=O)NCCCC[C@H](NC(=O)c1ccccc1)C(=O)Cc1nc(-c2ccccc2)cs1.S. The van der Waals surface area contributed by atoms with E-state index in [1.165, 1.54) is 18.3 Å². The molecule has 174 valence electrons. The van der Waals surface area contributed by atoms with E-state index in [0.717, 1.165) is 22.7 Å². The third-order valence-corrected chi connectivity index (χ3v) is 5.82. The molecule has 6 nitrogen and oxygen atoms in total. The number of ketones is 1. The molecule has 0 aliphatic carbocycles. The molecule has 1 atom stereocenters. The Morgan fingerprint density at radius 2 is 1.64 bits per heavy atom. The summed E-state index contributed by atoms with van der Waals surface area (Å²) in [7, 11) is 0. The molecular formula is C25H29N3O3S2. The van der Waals surface area contributed by atoms with Crippen LogP contribution in [0, 0.1) is 0 Å². The summed E-state index contributed by atoms with van der Waals surface area (Å²) < 4.78 is 0. The molecule has 2 N–H and O–H groups in total. The molecule has 0 bridgehead atoms. The highest BCUT2D eigenvalue weighted by Gasteiger charge is 2.22. The van der Waals surface area contributed by atoms with Crippen molar-refractivity contribution in [3.05, 3.63) is 76.6 Å². The molecule has 3 rings (SSSR count). The first-order valence-electron chi connectivity index (χ1n) is 10.7. The molecular weight excluding hydrogens is 454 g/mol. The van der Waals surface area contributed by atoms with Gasteiger partial charge in [0.2, 0.25) is 5.91 Å². The van der Waals surface area contributed by atoms with Crippen molar-refractivity contribution in [1.29, 1.82) is 0 Å². The van der Waals surface area contributed by atoms with Crippen LogP contribution < -0.4 is 10.6 Å². The number of thiazole rings is 1. The number of unbranched alkanes of at least 4 members (excludes halogenated alkanes) is 1. The number of amides is 2. The number of nitrogens with zero attached hydrogens (tertiary/aromatic N) is 1. The zero-order chi connectivity index (χ0) is 22.8. The molecule has 0 saturated carbocycles. The van der Waals surface area contributed by atoms with Gasteiger partial charge in [-0.1, -0.05) is 48.5 Å². The molecule has 0 fully saturated rings. The molecule has 2 aromatic carbocycles. The van der Waals surface area contributed by atoms with Crippen molar-refractivity contribution < 1.29 is 14.4 Å².